The van der Waals surface area contributed by atoms with Gasteiger partial charge in [-0.25, -0.2) is 4.79 Å². The number of ether oxygens (including phenoxy) is 1. The first-order chi connectivity index (χ1) is 12.7. The van der Waals surface area contributed by atoms with Gasteiger partial charge in [0.25, 0.3) is 5.56 Å². The largest absolute Gasteiger partial charge is 0.444 e. The zero-order valence-corrected chi connectivity index (χ0v) is 13.8. The Kier molecular flexibility index (Phi) is 5.11. The van der Waals surface area contributed by atoms with Crippen molar-refractivity contribution >= 4 is 11.8 Å². The molecule has 0 saturated heterocycles. The van der Waals surface area contributed by atoms with Crippen LogP contribution in [-0.4, -0.2) is 10.7 Å². The van der Waals surface area contributed by atoms with E-state index in [0.717, 1.165) is 5.56 Å². The van der Waals surface area contributed by atoms with E-state index < -0.39 is 11.7 Å². The molecule has 0 unspecified atom stereocenters. The molecule has 0 aliphatic heterocycles. The Morgan fingerprint density at radius 3 is 2.35 bits per heavy atom. The molecule has 1 N–H and O–H groups in total. The van der Waals surface area contributed by atoms with Gasteiger partial charge in [-0.3, -0.25) is 14.7 Å². The number of rotatable bonds is 4. The molecule has 0 bridgehead atoms. The summed E-state index contributed by atoms with van der Waals surface area (Å²) in [6.45, 7) is 0.0929. The van der Waals surface area contributed by atoms with Crippen LogP contribution in [0, 0.1) is 11.3 Å². The highest BCUT2D eigenvalue weighted by Gasteiger charge is 2.14. The standard InChI is InChI=1S/C20H15N3O3/c21-13-17-18(22-20(25)26-14-15-7-3-1-4-8-15)11-12-23(19(17)24)16-9-5-2-6-10-16/h1-12H,14H2,(H,22,25). The lowest BCUT2D eigenvalue weighted by molar-refractivity contribution is 0.155. The second kappa shape index (κ2) is 7.81. The number of amides is 1. The predicted molar refractivity (Wildman–Crippen MR) is 97.0 cm³/mol. The van der Waals surface area contributed by atoms with Crippen LogP contribution in [-0.2, 0) is 11.3 Å². The monoisotopic (exact) mass is 345 g/mol. The Morgan fingerprint density at radius 1 is 1.04 bits per heavy atom. The first kappa shape index (κ1) is 17.0. The van der Waals surface area contributed by atoms with Gasteiger partial charge in [-0.05, 0) is 23.8 Å². The summed E-state index contributed by atoms with van der Waals surface area (Å²) >= 11 is 0. The van der Waals surface area contributed by atoms with E-state index in [1.165, 1.54) is 16.8 Å². The summed E-state index contributed by atoms with van der Waals surface area (Å²) in [5, 5.41) is 11.8. The molecule has 0 spiro atoms. The molecule has 1 heterocycles. The van der Waals surface area contributed by atoms with Crippen LogP contribution < -0.4 is 10.9 Å². The van der Waals surface area contributed by atoms with E-state index in [1.54, 1.807) is 24.3 Å². The van der Waals surface area contributed by atoms with Gasteiger partial charge in [0.15, 0.2) is 0 Å². The quantitative estimate of drug-likeness (QED) is 0.785. The summed E-state index contributed by atoms with van der Waals surface area (Å²) in [4.78, 5) is 24.5. The molecule has 0 fully saturated rings. The third-order valence-electron chi connectivity index (χ3n) is 3.69. The SMILES string of the molecule is N#Cc1c(NC(=O)OCc2ccccc2)ccn(-c2ccccc2)c1=O. The molecular weight excluding hydrogens is 330 g/mol. The fourth-order valence-corrected chi connectivity index (χ4v) is 2.41. The van der Waals surface area contributed by atoms with E-state index in [2.05, 4.69) is 5.32 Å². The first-order valence-electron chi connectivity index (χ1n) is 7.88. The number of nitrogens with one attached hydrogen (secondary N) is 1. The molecule has 0 saturated carbocycles. The molecule has 26 heavy (non-hydrogen) atoms. The number of benzene rings is 2. The molecular formula is C20H15N3O3. The normalized spacial score (nSPS) is 9.96. The van der Waals surface area contributed by atoms with E-state index in [-0.39, 0.29) is 17.9 Å². The van der Waals surface area contributed by atoms with Gasteiger partial charge in [0, 0.05) is 11.9 Å². The Labute approximate surface area is 149 Å². The number of carbonyl (C=O) groups is 1. The molecule has 3 aromatic rings. The first-order valence-corrected chi connectivity index (χ1v) is 7.88. The molecule has 0 atom stereocenters. The Bertz CT molecular complexity index is 1010. The van der Waals surface area contributed by atoms with Crippen molar-refractivity contribution in [1.29, 1.82) is 5.26 Å². The Morgan fingerprint density at radius 2 is 1.69 bits per heavy atom. The molecule has 6 heteroatoms. The van der Waals surface area contributed by atoms with E-state index in [4.69, 9.17) is 4.74 Å². The van der Waals surface area contributed by atoms with Crippen molar-refractivity contribution in [3.63, 3.8) is 0 Å². The second-order valence-corrected chi connectivity index (χ2v) is 5.41. The molecule has 1 amide bonds. The van der Waals surface area contributed by atoms with Crippen LogP contribution in [0.1, 0.15) is 11.1 Å². The molecule has 0 radical (unpaired) electrons. The smallest absolute Gasteiger partial charge is 0.411 e. The van der Waals surface area contributed by atoms with Gasteiger partial charge in [0.1, 0.15) is 18.2 Å². The van der Waals surface area contributed by atoms with Crippen LogP contribution in [0.2, 0.25) is 0 Å². The van der Waals surface area contributed by atoms with E-state index in [9.17, 15) is 14.9 Å². The van der Waals surface area contributed by atoms with Gasteiger partial charge in [-0.2, -0.15) is 5.26 Å². The van der Waals surface area contributed by atoms with Gasteiger partial charge in [0.2, 0.25) is 0 Å². The van der Waals surface area contributed by atoms with Gasteiger partial charge < -0.3 is 4.74 Å². The summed E-state index contributed by atoms with van der Waals surface area (Å²) < 4.78 is 6.46. The van der Waals surface area contributed by atoms with Crippen LogP contribution in [0.3, 0.4) is 0 Å². The lowest BCUT2D eigenvalue weighted by Crippen LogP contribution is -2.24. The van der Waals surface area contributed by atoms with Gasteiger partial charge in [-0.15, -0.1) is 0 Å². The maximum Gasteiger partial charge on any atom is 0.411 e. The molecule has 0 aliphatic carbocycles. The van der Waals surface area contributed by atoms with Gasteiger partial charge in [0.05, 0.1) is 5.69 Å². The van der Waals surface area contributed by atoms with Gasteiger partial charge in [-0.1, -0.05) is 48.5 Å². The lowest BCUT2D eigenvalue weighted by atomic mass is 10.2. The topological polar surface area (TPSA) is 84.1 Å². The Balaban J connectivity index is 1.78. The van der Waals surface area contributed by atoms with Crippen molar-refractivity contribution in [2.75, 3.05) is 5.32 Å². The van der Waals surface area contributed by atoms with Crippen molar-refractivity contribution in [3.8, 4) is 11.8 Å². The van der Waals surface area contributed by atoms with Crippen LogP contribution in [0.5, 0.6) is 0 Å². The summed E-state index contributed by atoms with van der Waals surface area (Å²) in [6.07, 6.45) is 0.771. The molecule has 2 aromatic carbocycles. The maximum atomic E-state index is 12.5. The third-order valence-corrected chi connectivity index (χ3v) is 3.69. The number of carbonyl (C=O) groups excluding carboxylic acids is 1. The van der Waals surface area contributed by atoms with Crippen molar-refractivity contribution in [1.82, 2.24) is 4.57 Å². The lowest BCUT2D eigenvalue weighted by Gasteiger charge is -2.11. The molecule has 0 aliphatic rings. The Hall–Kier alpha value is -3.85. The fraction of sp³-hybridized carbons (Fsp3) is 0.0500. The average molecular weight is 345 g/mol. The number of pyridine rings is 1. The number of para-hydroxylation sites is 1. The summed E-state index contributed by atoms with van der Waals surface area (Å²) in [6, 6.07) is 21.5. The summed E-state index contributed by atoms with van der Waals surface area (Å²) in [5.74, 6) is 0. The third kappa shape index (κ3) is 3.79. The number of nitriles is 1. The van der Waals surface area contributed by atoms with Crippen LogP contribution >= 0.6 is 0 Å². The van der Waals surface area contributed by atoms with E-state index in [1.807, 2.05) is 42.5 Å². The van der Waals surface area contributed by atoms with Crippen molar-refractivity contribution in [3.05, 3.63) is 94.4 Å². The molecule has 128 valence electrons. The number of hydrogen-bond donors (Lipinski definition) is 1. The minimum absolute atomic E-state index is 0.0929. The summed E-state index contributed by atoms with van der Waals surface area (Å²) in [5.41, 5.74) is 0.908. The van der Waals surface area contributed by atoms with Crippen LogP contribution in [0.25, 0.3) is 5.69 Å². The fourth-order valence-electron chi connectivity index (χ4n) is 2.41. The van der Waals surface area contributed by atoms with Gasteiger partial charge >= 0.3 is 6.09 Å². The molecule has 6 nitrogen and oxygen atoms in total. The zero-order valence-electron chi connectivity index (χ0n) is 13.8. The van der Waals surface area contributed by atoms with Crippen LogP contribution in [0.15, 0.2) is 77.7 Å². The zero-order chi connectivity index (χ0) is 18.4. The van der Waals surface area contributed by atoms with Crippen molar-refractivity contribution in [2.24, 2.45) is 0 Å². The molecule has 3 rings (SSSR count). The van der Waals surface area contributed by atoms with Crippen molar-refractivity contribution < 1.29 is 9.53 Å². The van der Waals surface area contributed by atoms with Crippen LogP contribution in [0.4, 0.5) is 10.5 Å². The molecule has 1 aromatic heterocycles. The highest BCUT2D eigenvalue weighted by Crippen LogP contribution is 2.13. The van der Waals surface area contributed by atoms with Crippen molar-refractivity contribution in [2.45, 2.75) is 6.61 Å². The number of nitrogens with zero attached hydrogens (tertiary/aromatic N) is 2. The minimum Gasteiger partial charge on any atom is -0.444 e. The number of anilines is 1. The highest BCUT2D eigenvalue weighted by atomic mass is 16.5. The predicted octanol–water partition coefficient (Wildman–Crippen LogP) is 3.46. The number of hydrogen-bond acceptors (Lipinski definition) is 4. The second-order valence-electron chi connectivity index (χ2n) is 5.41. The summed E-state index contributed by atoms with van der Waals surface area (Å²) in [7, 11) is 0. The minimum atomic E-state index is -0.734. The number of aromatic nitrogens is 1. The average Bonchev–Trinajstić information content (AvgIpc) is 2.68. The highest BCUT2D eigenvalue weighted by molar-refractivity contribution is 5.86. The van der Waals surface area contributed by atoms with E-state index in [0.29, 0.717) is 5.69 Å². The maximum absolute atomic E-state index is 12.5. The van der Waals surface area contributed by atoms with E-state index >= 15 is 0 Å².